The molecular weight excluding hydrogens is 372 g/mol. The molecule has 1 amide bonds. The summed E-state index contributed by atoms with van der Waals surface area (Å²) in [6, 6.07) is 13.0. The van der Waals surface area contributed by atoms with Gasteiger partial charge in [0.1, 0.15) is 0 Å². The highest BCUT2D eigenvalue weighted by Gasteiger charge is 2.30. The molecule has 7 heteroatoms. The number of para-hydroxylation sites is 1. The van der Waals surface area contributed by atoms with Crippen LogP contribution in [-0.4, -0.2) is 31.2 Å². The molecule has 1 N–H and O–H groups in total. The first-order valence-electron chi connectivity index (χ1n) is 8.57. The van der Waals surface area contributed by atoms with E-state index >= 15 is 0 Å². The number of rotatable bonds is 4. The summed E-state index contributed by atoms with van der Waals surface area (Å²) >= 11 is 6.04. The summed E-state index contributed by atoms with van der Waals surface area (Å²) in [4.78, 5) is 12.6. The first-order valence-corrected chi connectivity index (χ1v) is 10.4. The summed E-state index contributed by atoms with van der Waals surface area (Å²) in [5.41, 5.74) is 0.883. The summed E-state index contributed by atoms with van der Waals surface area (Å²) in [5, 5.41) is 3.17. The SMILES string of the molecule is C[C@H]1CCCCN1S(=O)(=O)c1ccc(C(=O)Nc2ccccc2Cl)cc1. The summed E-state index contributed by atoms with van der Waals surface area (Å²) in [7, 11) is -3.54. The standard InChI is InChI=1S/C19H21ClN2O3S/c1-14-6-4-5-13-22(14)26(24,25)16-11-9-15(10-12-16)19(23)21-18-8-3-2-7-17(18)20/h2-3,7-12,14H,4-6,13H2,1H3,(H,21,23)/t14-/m0/s1. The Labute approximate surface area is 159 Å². The predicted octanol–water partition coefficient (Wildman–Crippen LogP) is 4.16. The maximum absolute atomic E-state index is 12.8. The lowest BCUT2D eigenvalue weighted by atomic mass is 10.1. The molecule has 0 aromatic heterocycles. The number of nitrogens with one attached hydrogen (secondary N) is 1. The number of amides is 1. The largest absolute Gasteiger partial charge is 0.321 e. The lowest BCUT2D eigenvalue weighted by Crippen LogP contribution is -2.41. The van der Waals surface area contributed by atoms with Crippen LogP contribution in [0.25, 0.3) is 0 Å². The van der Waals surface area contributed by atoms with E-state index in [-0.39, 0.29) is 16.8 Å². The highest BCUT2D eigenvalue weighted by atomic mass is 35.5. The number of carbonyl (C=O) groups excluding carboxylic acids is 1. The van der Waals surface area contributed by atoms with Gasteiger partial charge in [0.25, 0.3) is 5.91 Å². The monoisotopic (exact) mass is 392 g/mol. The minimum atomic E-state index is -3.54. The van der Waals surface area contributed by atoms with Crippen LogP contribution in [0, 0.1) is 0 Å². The molecule has 0 spiro atoms. The van der Waals surface area contributed by atoms with Crippen LogP contribution in [0.2, 0.25) is 5.02 Å². The van der Waals surface area contributed by atoms with Gasteiger partial charge in [-0.15, -0.1) is 0 Å². The van der Waals surface area contributed by atoms with Crippen molar-refractivity contribution in [2.24, 2.45) is 0 Å². The number of sulfonamides is 1. The molecule has 26 heavy (non-hydrogen) atoms. The fourth-order valence-corrected chi connectivity index (χ4v) is 4.98. The fourth-order valence-electron chi connectivity index (χ4n) is 3.10. The van der Waals surface area contributed by atoms with Crippen LogP contribution in [0.5, 0.6) is 0 Å². The Morgan fingerprint density at radius 2 is 1.81 bits per heavy atom. The molecule has 138 valence electrons. The van der Waals surface area contributed by atoms with E-state index in [0.717, 1.165) is 19.3 Å². The second kappa shape index (κ2) is 7.78. The Morgan fingerprint density at radius 3 is 2.46 bits per heavy atom. The molecule has 2 aromatic carbocycles. The number of halogens is 1. The molecule has 1 atom stereocenters. The molecule has 2 aromatic rings. The van der Waals surface area contributed by atoms with Crippen molar-refractivity contribution in [3.63, 3.8) is 0 Å². The molecule has 0 unspecified atom stereocenters. The number of hydrogen-bond acceptors (Lipinski definition) is 3. The lowest BCUT2D eigenvalue weighted by molar-refractivity contribution is 0.102. The molecule has 1 fully saturated rings. The molecule has 0 saturated carbocycles. The molecule has 1 aliphatic rings. The number of nitrogens with zero attached hydrogens (tertiary/aromatic N) is 1. The Hall–Kier alpha value is -1.89. The maximum atomic E-state index is 12.8. The third kappa shape index (κ3) is 3.92. The highest BCUT2D eigenvalue weighted by molar-refractivity contribution is 7.89. The number of carbonyl (C=O) groups is 1. The van der Waals surface area contributed by atoms with Gasteiger partial charge in [-0.05, 0) is 56.2 Å². The highest BCUT2D eigenvalue weighted by Crippen LogP contribution is 2.26. The number of piperidine rings is 1. The molecule has 0 aliphatic carbocycles. The molecule has 1 heterocycles. The first kappa shape index (κ1) is 18.9. The number of benzene rings is 2. The van der Waals surface area contributed by atoms with Crippen molar-refractivity contribution >= 4 is 33.2 Å². The van der Waals surface area contributed by atoms with Crippen molar-refractivity contribution < 1.29 is 13.2 Å². The van der Waals surface area contributed by atoms with Crippen LogP contribution in [0.15, 0.2) is 53.4 Å². The van der Waals surface area contributed by atoms with Crippen molar-refractivity contribution in [3.8, 4) is 0 Å². The van der Waals surface area contributed by atoms with Crippen LogP contribution in [0.1, 0.15) is 36.5 Å². The van der Waals surface area contributed by atoms with Crippen LogP contribution in [0.4, 0.5) is 5.69 Å². The van der Waals surface area contributed by atoms with Crippen LogP contribution in [-0.2, 0) is 10.0 Å². The summed E-state index contributed by atoms with van der Waals surface area (Å²) < 4.78 is 27.2. The summed E-state index contributed by atoms with van der Waals surface area (Å²) in [6.45, 7) is 2.47. The van der Waals surface area contributed by atoms with Gasteiger partial charge in [-0.2, -0.15) is 4.31 Å². The van der Waals surface area contributed by atoms with Crippen molar-refractivity contribution in [1.82, 2.24) is 4.31 Å². The molecule has 1 aliphatic heterocycles. The average molecular weight is 393 g/mol. The van der Waals surface area contributed by atoms with Gasteiger partial charge >= 0.3 is 0 Å². The van der Waals surface area contributed by atoms with E-state index < -0.39 is 10.0 Å². The minimum absolute atomic E-state index is 0.00283. The van der Waals surface area contributed by atoms with E-state index in [2.05, 4.69) is 5.32 Å². The van der Waals surface area contributed by atoms with E-state index in [0.29, 0.717) is 22.8 Å². The normalized spacial score (nSPS) is 18.5. The Morgan fingerprint density at radius 1 is 1.12 bits per heavy atom. The lowest BCUT2D eigenvalue weighted by Gasteiger charge is -2.32. The summed E-state index contributed by atoms with van der Waals surface area (Å²) in [5.74, 6) is -0.339. The molecular formula is C19H21ClN2O3S. The predicted molar refractivity (Wildman–Crippen MR) is 103 cm³/mol. The van der Waals surface area contributed by atoms with E-state index in [1.165, 1.54) is 24.3 Å². The van der Waals surface area contributed by atoms with Gasteiger partial charge in [0.2, 0.25) is 10.0 Å². The molecule has 5 nitrogen and oxygen atoms in total. The molecule has 0 bridgehead atoms. The van der Waals surface area contributed by atoms with E-state index in [1.54, 1.807) is 28.6 Å². The first-order chi connectivity index (χ1) is 12.4. The van der Waals surface area contributed by atoms with E-state index in [9.17, 15) is 13.2 Å². The smallest absolute Gasteiger partial charge is 0.255 e. The van der Waals surface area contributed by atoms with Gasteiger partial charge in [0.05, 0.1) is 15.6 Å². The topological polar surface area (TPSA) is 66.5 Å². The second-order valence-corrected chi connectivity index (χ2v) is 8.72. The van der Waals surface area contributed by atoms with E-state index in [1.807, 2.05) is 6.92 Å². The second-order valence-electron chi connectivity index (χ2n) is 6.42. The third-order valence-corrected chi connectivity index (χ3v) is 6.94. The van der Waals surface area contributed by atoms with Crippen LogP contribution >= 0.6 is 11.6 Å². The summed E-state index contributed by atoms with van der Waals surface area (Å²) in [6.07, 6.45) is 2.80. The Kier molecular flexibility index (Phi) is 5.65. The van der Waals surface area contributed by atoms with Gasteiger partial charge < -0.3 is 5.32 Å². The van der Waals surface area contributed by atoms with Crippen molar-refractivity contribution in [2.75, 3.05) is 11.9 Å². The van der Waals surface area contributed by atoms with Crippen LogP contribution < -0.4 is 5.32 Å². The van der Waals surface area contributed by atoms with Crippen molar-refractivity contribution in [2.45, 2.75) is 37.1 Å². The van der Waals surface area contributed by atoms with Gasteiger partial charge in [-0.25, -0.2) is 8.42 Å². The zero-order valence-electron chi connectivity index (χ0n) is 14.5. The van der Waals surface area contributed by atoms with Gasteiger partial charge in [-0.1, -0.05) is 30.2 Å². The zero-order chi connectivity index (χ0) is 18.7. The molecule has 3 rings (SSSR count). The van der Waals surface area contributed by atoms with Crippen LogP contribution in [0.3, 0.4) is 0 Å². The van der Waals surface area contributed by atoms with Gasteiger partial charge in [-0.3, -0.25) is 4.79 Å². The number of hydrogen-bond donors (Lipinski definition) is 1. The van der Waals surface area contributed by atoms with Crippen molar-refractivity contribution in [1.29, 1.82) is 0 Å². The Bertz CT molecular complexity index is 897. The average Bonchev–Trinajstić information content (AvgIpc) is 2.64. The third-order valence-electron chi connectivity index (χ3n) is 4.59. The quantitative estimate of drug-likeness (QED) is 0.849. The maximum Gasteiger partial charge on any atom is 0.255 e. The molecule has 0 radical (unpaired) electrons. The molecule has 1 saturated heterocycles. The number of anilines is 1. The Balaban J connectivity index is 1.77. The van der Waals surface area contributed by atoms with Gasteiger partial charge in [0, 0.05) is 18.2 Å². The minimum Gasteiger partial charge on any atom is -0.321 e. The fraction of sp³-hybridized carbons (Fsp3) is 0.316. The van der Waals surface area contributed by atoms with E-state index in [4.69, 9.17) is 11.6 Å². The van der Waals surface area contributed by atoms with Crippen molar-refractivity contribution in [3.05, 3.63) is 59.1 Å². The zero-order valence-corrected chi connectivity index (χ0v) is 16.1. The van der Waals surface area contributed by atoms with Gasteiger partial charge in [0.15, 0.2) is 0 Å².